The lowest BCUT2D eigenvalue weighted by Crippen LogP contribution is -2.24. The molecule has 0 spiro atoms. The molecule has 0 saturated heterocycles. The Morgan fingerprint density at radius 2 is 2.07 bits per heavy atom. The third-order valence-corrected chi connectivity index (χ3v) is 2.47. The molecule has 1 unspecified atom stereocenters. The van der Waals surface area contributed by atoms with Gasteiger partial charge in [-0.1, -0.05) is 20.8 Å². The molecule has 2 nitrogen and oxygen atoms in total. The predicted octanol–water partition coefficient (Wildman–Crippen LogP) is 3.24. The Kier molecular flexibility index (Phi) is 3.93. The van der Waals surface area contributed by atoms with Gasteiger partial charge in [0.05, 0.1) is 5.69 Å². The average molecular weight is 192 g/mol. The van der Waals surface area contributed by atoms with Gasteiger partial charge in [0.25, 0.3) is 0 Å². The fraction of sp³-hybridized carbons (Fsp3) is 0.583. The van der Waals surface area contributed by atoms with Crippen molar-refractivity contribution in [3.63, 3.8) is 0 Å². The maximum absolute atomic E-state index is 4.17. The van der Waals surface area contributed by atoms with Crippen LogP contribution in [0.15, 0.2) is 18.5 Å². The number of pyridine rings is 1. The minimum Gasteiger partial charge on any atom is -0.381 e. The summed E-state index contributed by atoms with van der Waals surface area (Å²) in [5.74, 6) is 0.653. The largest absolute Gasteiger partial charge is 0.381 e. The molecule has 1 atom stereocenters. The van der Waals surface area contributed by atoms with Gasteiger partial charge in [-0.15, -0.1) is 0 Å². The highest BCUT2D eigenvalue weighted by Gasteiger charge is 2.10. The molecule has 0 bridgehead atoms. The van der Waals surface area contributed by atoms with Crippen molar-refractivity contribution in [2.24, 2.45) is 5.92 Å². The highest BCUT2D eigenvalue weighted by Crippen LogP contribution is 2.14. The van der Waals surface area contributed by atoms with Crippen LogP contribution in [0.3, 0.4) is 0 Å². The van der Waals surface area contributed by atoms with E-state index in [1.807, 2.05) is 12.4 Å². The molecule has 78 valence electrons. The third-order valence-electron chi connectivity index (χ3n) is 2.47. The quantitative estimate of drug-likeness (QED) is 0.792. The van der Waals surface area contributed by atoms with E-state index in [4.69, 9.17) is 0 Å². The van der Waals surface area contributed by atoms with E-state index < -0.39 is 0 Å². The number of nitrogens with one attached hydrogen (secondary N) is 1. The highest BCUT2D eigenvalue weighted by atomic mass is 14.9. The zero-order chi connectivity index (χ0) is 10.6. The Labute approximate surface area is 86.8 Å². The van der Waals surface area contributed by atoms with Crippen LogP contribution in [0.2, 0.25) is 0 Å². The number of aryl methyl sites for hydroxylation is 1. The Hall–Kier alpha value is -1.05. The van der Waals surface area contributed by atoms with Gasteiger partial charge in [0.1, 0.15) is 0 Å². The van der Waals surface area contributed by atoms with Gasteiger partial charge in [0, 0.05) is 18.4 Å². The first-order chi connectivity index (χ1) is 6.63. The molecule has 2 heteroatoms. The van der Waals surface area contributed by atoms with E-state index in [0.29, 0.717) is 12.0 Å². The molecule has 0 aromatic carbocycles. The van der Waals surface area contributed by atoms with Crippen LogP contribution in [0.4, 0.5) is 5.69 Å². The van der Waals surface area contributed by atoms with Gasteiger partial charge >= 0.3 is 0 Å². The molecular weight excluding hydrogens is 172 g/mol. The summed E-state index contributed by atoms with van der Waals surface area (Å²) in [5.41, 5.74) is 2.33. The molecule has 0 aliphatic heterocycles. The van der Waals surface area contributed by atoms with Crippen molar-refractivity contribution >= 4 is 5.69 Å². The van der Waals surface area contributed by atoms with E-state index in [-0.39, 0.29) is 0 Å². The maximum atomic E-state index is 4.17. The van der Waals surface area contributed by atoms with Crippen molar-refractivity contribution in [1.82, 2.24) is 4.98 Å². The fourth-order valence-corrected chi connectivity index (χ4v) is 1.59. The topological polar surface area (TPSA) is 24.9 Å². The first-order valence-electron chi connectivity index (χ1n) is 5.31. The standard InChI is InChI=1S/C12H20N2/c1-5-12(9(2)3)14-11-6-10(4)7-13-8-11/h6-9,12,14H,5H2,1-4H3. The smallest absolute Gasteiger partial charge is 0.0531 e. The SMILES string of the molecule is CCC(Nc1cncc(C)c1)C(C)C. The minimum absolute atomic E-state index is 0.540. The van der Waals surface area contributed by atoms with E-state index in [9.17, 15) is 0 Å². The van der Waals surface area contributed by atoms with Crippen molar-refractivity contribution in [2.45, 2.75) is 40.2 Å². The second-order valence-corrected chi connectivity index (χ2v) is 4.15. The summed E-state index contributed by atoms with van der Waals surface area (Å²) >= 11 is 0. The van der Waals surface area contributed by atoms with Crippen LogP contribution in [-0.4, -0.2) is 11.0 Å². The summed E-state index contributed by atoms with van der Waals surface area (Å²) in [6.07, 6.45) is 4.91. The molecule has 1 heterocycles. The van der Waals surface area contributed by atoms with E-state index in [0.717, 1.165) is 12.1 Å². The molecule has 0 aliphatic carbocycles. The maximum Gasteiger partial charge on any atom is 0.0531 e. The lowest BCUT2D eigenvalue weighted by atomic mass is 10.0. The van der Waals surface area contributed by atoms with Gasteiger partial charge in [-0.25, -0.2) is 0 Å². The molecule has 0 aliphatic rings. The molecule has 1 aromatic heterocycles. The Bertz CT molecular complexity index is 281. The van der Waals surface area contributed by atoms with Crippen LogP contribution >= 0.6 is 0 Å². The number of nitrogens with zero attached hydrogens (tertiary/aromatic N) is 1. The molecule has 0 amide bonds. The normalized spacial score (nSPS) is 12.9. The third kappa shape index (κ3) is 3.02. The molecule has 0 saturated carbocycles. The molecule has 1 aromatic rings. The van der Waals surface area contributed by atoms with Gasteiger partial charge in [-0.2, -0.15) is 0 Å². The van der Waals surface area contributed by atoms with E-state index >= 15 is 0 Å². The second kappa shape index (κ2) is 4.99. The first kappa shape index (κ1) is 11.0. The van der Waals surface area contributed by atoms with Crippen LogP contribution in [0, 0.1) is 12.8 Å². The van der Waals surface area contributed by atoms with Gasteiger partial charge in [0.15, 0.2) is 0 Å². The Morgan fingerprint density at radius 3 is 2.57 bits per heavy atom. The molecule has 1 rings (SSSR count). The van der Waals surface area contributed by atoms with Crippen molar-refractivity contribution in [1.29, 1.82) is 0 Å². The summed E-state index contributed by atoms with van der Waals surface area (Å²) in [5, 5.41) is 3.51. The van der Waals surface area contributed by atoms with Gasteiger partial charge in [-0.3, -0.25) is 4.98 Å². The number of rotatable bonds is 4. The summed E-state index contributed by atoms with van der Waals surface area (Å²) in [4.78, 5) is 4.17. The number of aromatic nitrogens is 1. The van der Waals surface area contributed by atoms with E-state index in [1.165, 1.54) is 5.56 Å². The van der Waals surface area contributed by atoms with Crippen molar-refractivity contribution in [3.8, 4) is 0 Å². The molecule has 0 fully saturated rings. The second-order valence-electron chi connectivity index (χ2n) is 4.15. The summed E-state index contributed by atoms with van der Waals surface area (Å²) in [6, 6.07) is 2.68. The highest BCUT2D eigenvalue weighted by molar-refractivity contribution is 5.43. The van der Waals surface area contributed by atoms with Crippen LogP contribution in [-0.2, 0) is 0 Å². The van der Waals surface area contributed by atoms with E-state index in [2.05, 4.69) is 44.1 Å². The molecule has 1 N–H and O–H groups in total. The van der Waals surface area contributed by atoms with Crippen molar-refractivity contribution in [2.75, 3.05) is 5.32 Å². The van der Waals surface area contributed by atoms with Crippen molar-refractivity contribution in [3.05, 3.63) is 24.0 Å². The lowest BCUT2D eigenvalue weighted by molar-refractivity contribution is 0.511. The Morgan fingerprint density at radius 1 is 1.36 bits per heavy atom. The summed E-state index contributed by atoms with van der Waals surface area (Å²) in [6.45, 7) is 8.75. The van der Waals surface area contributed by atoms with Crippen LogP contribution in [0.5, 0.6) is 0 Å². The molecule has 14 heavy (non-hydrogen) atoms. The minimum atomic E-state index is 0.540. The zero-order valence-electron chi connectivity index (χ0n) is 9.54. The Balaban J connectivity index is 2.67. The summed E-state index contributed by atoms with van der Waals surface area (Å²) < 4.78 is 0. The average Bonchev–Trinajstić information content (AvgIpc) is 2.14. The van der Waals surface area contributed by atoms with Gasteiger partial charge in [0.2, 0.25) is 0 Å². The predicted molar refractivity (Wildman–Crippen MR) is 61.5 cm³/mol. The van der Waals surface area contributed by atoms with E-state index in [1.54, 1.807) is 0 Å². The zero-order valence-corrected chi connectivity index (χ0v) is 9.54. The van der Waals surface area contributed by atoms with Crippen LogP contribution in [0.1, 0.15) is 32.8 Å². The summed E-state index contributed by atoms with van der Waals surface area (Å²) in [7, 11) is 0. The van der Waals surface area contributed by atoms with Crippen molar-refractivity contribution < 1.29 is 0 Å². The number of hydrogen-bond acceptors (Lipinski definition) is 2. The lowest BCUT2D eigenvalue weighted by Gasteiger charge is -2.21. The number of hydrogen-bond donors (Lipinski definition) is 1. The fourth-order valence-electron chi connectivity index (χ4n) is 1.59. The van der Waals surface area contributed by atoms with Crippen LogP contribution < -0.4 is 5.32 Å². The van der Waals surface area contributed by atoms with Crippen LogP contribution in [0.25, 0.3) is 0 Å². The monoisotopic (exact) mass is 192 g/mol. The van der Waals surface area contributed by atoms with Gasteiger partial charge < -0.3 is 5.32 Å². The first-order valence-corrected chi connectivity index (χ1v) is 5.31. The molecular formula is C12H20N2. The number of anilines is 1. The van der Waals surface area contributed by atoms with Gasteiger partial charge in [-0.05, 0) is 30.9 Å². The molecule has 0 radical (unpaired) electrons.